The van der Waals surface area contributed by atoms with Crippen LogP contribution < -0.4 is 4.74 Å². The molecule has 134 valence electrons. The second kappa shape index (κ2) is 7.92. The lowest BCUT2D eigenvalue weighted by Crippen LogP contribution is -2.41. The molecule has 0 aliphatic carbocycles. The van der Waals surface area contributed by atoms with Gasteiger partial charge in [-0.1, -0.05) is 13.3 Å². The summed E-state index contributed by atoms with van der Waals surface area (Å²) in [4.78, 5) is 14.3. The summed E-state index contributed by atoms with van der Waals surface area (Å²) in [5.41, 5.74) is 0.331. The SMILES string of the molecule is CCCCN(C(=O)c1ccc(OC(F)F)cc1)C1CCS(=O)(=O)C1. The number of alkyl halides is 2. The van der Waals surface area contributed by atoms with E-state index in [-0.39, 0.29) is 29.2 Å². The van der Waals surface area contributed by atoms with E-state index < -0.39 is 16.4 Å². The Morgan fingerprint density at radius 3 is 2.50 bits per heavy atom. The summed E-state index contributed by atoms with van der Waals surface area (Å²) >= 11 is 0. The van der Waals surface area contributed by atoms with E-state index in [1.165, 1.54) is 24.3 Å². The molecule has 1 aliphatic rings. The van der Waals surface area contributed by atoms with E-state index >= 15 is 0 Å². The molecule has 1 aromatic rings. The highest BCUT2D eigenvalue weighted by molar-refractivity contribution is 7.91. The maximum Gasteiger partial charge on any atom is 0.387 e. The third-order valence-corrected chi connectivity index (χ3v) is 5.74. The Bertz CT molecular complexity index is 661. The third kappa shape index (κ3) is 4.90. The highest BCUT2D eigenvalue weighted by Crippen LogP contribution is 2.22. The van der Waals surface area contributed by atoms with E-state index in [2.05, 4.69) is 4.74 Å². The molecule has 0 N–H and O–H groups in total. The van der Waals surface area contributed by atoms with E-state index in [0.717, 1.165) is 12.8 Å². The molecule has 24 heavy (non-hydrogen) atoms. The van der Waals surface area contributed by atoms with E-state index in [1.54, 1.807) is 4.90 Å². The molecule has 1 unspecified atom stereocenters. The van der Waals surface area contributed by atoms with Crippen molar-refractivity contribution in [3.8, 4) is 5.75 Å². The van der Waals surface area contributed by atoms with Crippen LogP contribution in [0.4, 0.5) is 8.78 Å². The van der Waals surface area contributed by atoms with Crippen molar-refractivity contribution in [2.75, 3.05) is 18.1 Å². The molecule has 1 aliphatic heterocycles. The Kier molecular flexibility index (Phi) is 6.15. The molecule has 8 heteroatoms. The van der Waals surface area contributed by atoms with Crippen molar-refractivity contribution in [1.82, 2.24) is 4.90 Å². The molecule has 0 aromatic heterocycles. The van der Waals surface area contributed by atoms with Crippen LogP contribution in [0.2, 0.25) is 0 Å². The summed E-state index contributed by atoms with van der Waals surface area (Å²) < 4.78 is 52.0. The normalized spacial score (nSPS) is 19.4. The van der Waals surface area contributed by atoms with Gasteiger partial charge in [-0.25, -0.2) is 8.42 Å². The molecule has 1 aromatic carbocycles. The highest BCUT2D eigenvalue weighted by atomic mass is 32.2. The zero-order valence-corrected chi connectivity index (χ0v) is 14.3. The van der Waals surface area contributed by atoms with E-state index in [9.17, 15) is 22.0 Å². The first kappa shape index (κ1) is 18.6. The summed E-state index contributed by atoms with van der Waals surface area (Å²) in [7, 11) is -3.10. The van der Waals surface area contributed by atoms with Gasteiger partial charge in [-0.15, -0.1) is 0 Å². The number of carbonyl (C=O) groups is 1. The molecule has 0 spiro atoms. The van der Waals surface area contributed by atoms with Gasteiger partial charge >= 0.3 is 6.61 Å². The van der Waals surface area contributed by atoms with Crippen molar-refractivity contribution in [3.05, 3.63) is 29.8 Å². The minimum Gasteiger partial charge on any atom is -0.435 e. The van der Waals surface area contributed by atoms with Crippen LogP contribution in [0.1, 0.15) is 36.5 Å². The summed E-state index contributed by atoms with van der Waals surface area (Å²) in [6.07, 6.45) is 2.09. The molecule has 1 amide bonds. The molecule has 1 heterocycles. The number of ether oxygens (including phenoxy) is 1. The predicted octanol–water partition coefficient (Wildman–Crippen LogP) is 2.72. The maximum atomic E-state index is 12.7. The Labute approximate surface area is 140 Å². The lowest BCUT2D eigenvalue weighted by atomic mass is 10.1. The molecule has 0 saturated carbocycles. The van der Waals surface area contributed by atoms with Crippen molar-refractivity contribution in [3.63, 3.8) is 0 Å². The van der Waals surface area contributed by atoms with Crippen LogP contribution in [0.3, 0.4) is 0 Å². The minimum absolute atomic E-state index is 0.0188. The van der Waals surface area contributed by atoms with Gasteiger partial charge in [-0.2, -0.15) is 8.78 Å². The molecular formula is C16H21F2NO4S. The number of halogens is 2. The number of unbranched alkanes of at least 4 members (excludes halogenated alkanes) is 1. The maximum absolute atomic E-state index is 12.7. The van der Waals surface area contributed by atoms with Crippen LogP contribution in [0.5, 0.6) is 5.75 Å². The quantitative estimate of drug-likeness (QED) is 0.749. The highest BCUT2D eigenvalue weighted by Gasteiger charge is 2.34. The van der Waals surface area contributed by atoms with Gasteiger partial charge in [0.1, 0.15) is 5.75 Å². The predicted molar refractivity (Wildman–Crippen MR) is 86.1 cm³/mol. The number of amides is 1. The van der Waals surface area contributed by atoms with Crippen molar-refractivity contribution in [1.29, 1.82) is 0 Å². The van der Waals surface area contributed by atoms with Crippen molar-refractivity contribution in [2.45, 2.75) is 38.8 Å². The van der Waals surface area contributed by atoms with Crippen LogP contribution >= 0.6 is 0 Å². The number of rotatable bonds is 7. The van der Waals surface area contributed by atoms with Gasteiger partial charge in [0, 0.05) is 18.2 Å². The molecule has 1 fully saturated rings. The third-order valence-electron chi connectivity index (χ3n) is 3.99. The number of carbonyl (C=O) groups excluding carboxylic acids is 1. The van der Waals surface area contributed by atoms with Gasteiger partial charge in [0.15, 0.2) is 9.84 Å². The monoisotopic (exact) mass is 361 g/mol. The summed E-state index contributed by atoms with van der Waals surface area (Å²) in [6, 6.07) is 5.13. The van der Waals surface area contributed by atoms with Crippen molar-refractivity contribution >= 4 is 15.7 Å². The van der Waals surface area contributed by atoms with Gasteiger partial charge in [-0.3, -0.25) is 4.79 Å². The lowest BCUT2D eigenvalue weighted by Gasteiger charge is -2.28. The largest absolute Gasteiger partial charge is 0.435 e. The van der Waals surface area contributed by atoms with Crippen LogP contribution in [0, 0.1) is 0 Å². The Morgan fingerprint density at radius 2 is 2.00 bits per heavy atom. The van der Waals surface area contributed by atoms with Crippen LogP contribution in [0.25, 0.3) is 0 Å². The fraction of sp³-hybridized carbons (Fsp3) is 0.562. The number of nitrogens with zero attached hydrogens (tertiary/aromatic N) is 1. The summed E-state index contributed by atoms with van der Waals surface area (Å²) in [5.74, 6) is -0.233. The van der Waals surface area contributed by atoms with Crippen LogP contribution in [-0.2, 0) is 9.84 Å². The zero-order valence-electron chi connectivity index (χ0n) is 13.5. The summed E-state index contributed by atoms with van der Waals surface area (Å²) in [6.45, 7) is -0.453. The molecule has 2 rings (SSSR count). The fourth-order valence-electron chi connectivity index (χ4n) is 2.74. The average molecular weight is 361 g/mol. The smallest absolute Gasteiger partial charge is 0.387 e. The topological polar surface area (TPSA) is 63.7 Å². The second-order valence-corrected chi connectivity index (χ2v) is 8.04. The molecular weight excluding hydrogens is 340 g/mol. The Balaban J connectivity index is 2.15. The number of sulfone groups is 1. The fourth-order valence-corrected chi connectivity index (χ4v) is 4.48. The lowest BCUT2D eigenvalue weighted by molar-refractivity contribution is -0.0498. The first-order valence-electron chi connectivity index (χ1n) is 7.88. The molecule has 0 radical (unpaired) electrons. The first-order chi connectivity index (χ1) is 11.3. The van der Waals surface area contributed by atoms with E-state index in [1.807, 2.05) is 6.92 Å². The Hall–Kier alpha value is -1.70. The number of hydrogen-bond acceptors (Lipinski definition) is 4. The number of hydrogen-bond donors (Lipinski definition) is 0. The minimum atomic E-state index is -3.10. The number of benzene rings is 1. The van der Waals surface area contributed by atoms with E-state index in [0.29, 0.717) is 18.5 Å². The zero-order chi connectivity index (χ0) is 17.7. The van der Waals surface area contributed by atoms with Crippen LogP contribution in [-0.4, -0.2) is 49.9 Å². The molecule has 1 atom stereocenters. The van der Waals surface area contributed by atoms with Crippen molar-refractivity contribution < 1.29 is 26.7 Å². The molecule has 5 nitrogen and oxygen atoms in total. The molecule has 1 saturated heterocycles. The molecule has 0 bridgehead atoms. The first-order valence-corrected chi connectivity index (χ1v) is 9.71. The van der Waals surface area contributed by atoms with E-state index in [4.69, 9.17) is 0 Å². The van der Waals surface area contributed by atoms with Gasteiger partial charge in [0.2, 0.25) is 0 Å². The van der Waals surface area contributed by atoms with Gasteiger partial charge < -0.3 is 9.64 Å². The van der Waals surface area contributed by atoms with Gasteiger partial charge in [-0.05, 0) is 37.1 Å². The van der Waals surface area contributed by atoms with Crippen LogP contribution in [0.15, 0.2) is 24.3 Å². The Morgan fingerprint density at radius 1 is 1.33 bits per heavy atom. The van der Waals surface area contributed by atoms with Gasteiger partial charge in [0.25, 0.3) is 5.91 Å². The summed E-state index contributed by atoms with van der Waals surface area (Å²) in [5, 5.41) is 0. The van der Waals surface area contributed by atoms with Gasteiger partial charge in [0.05, 0.1) is 11.5 Å². The average Bonchev–Trinajstić information content (AvgIpc) is 2.87. The van der Waals surface area contributed by atoms with Crippen molar-refractivity contribution in [2.24, 2.45) is 0 Å². The standard InChI is InChI=1S/C16H21F2NO4S/c1-2-3-9-19(13-8-10-24(21,22)11-13)15(20)12-4-6-14(7-5-12)23-16(17)18/h4-7,13,16H,2-3,8-11H2,1H3. The second-order valence-electron chi connectivity index (χ2n) is 5.81.